The number of hydrogen-bond donors (Lipinski definition) is 4. The fraction of sp³-hybridized carbons (Fsp3) is 0.261. The summed E-state index contributed by atoms with van der Waals surface area (Å²) in [4.78, 5) is 40.9. The number of likely N-dealkylation sites (N-methyl/N-ethyl adjacent to an activating group) is 1. The van der Waals surface area contributed by atoms with E-state index >= 15 is 0 Å². The van der Waals surface area contributed by atoms with Crippen molar-refractivity contribution in [2.24, 2.45) is 0 Å². The van der Waals surface area contributed by atoms with Crippen molar-refractivity contribution in [2.75, 3.05) is 6.54 Å². The van der Waals surface area contributed by atoms with Gasteiger partial charge in [-0.15, -0.1) is 0 Å². The molecule has 0 aliphatic heterocycles. The summed E-state index contributed by atoms with van der Waals surface area (Å²) in [5.41, 5.74) is 1.55. The molecule has 1 aromatic heterocycles. The van der Waals surface area contributed by atoms with Crippen molar-refractivity contribution in [1.29, 1.82) is 0 Å². The molecule has 0 radical (unpaired) electrons. The zero-order chi connectivity index (χ0) is 21.7. The number of aromatic nitrogens is 1. The van der Waals surface area contributed by atoms with E-state index in [-0.39, 0.29) is 23.1 Å². The maximum Gasteiger partial charge on any atom is 0.268 e. The van der Waals surface area contributed by atoms with Crippen LogP contribution in [0.5, 0.6) is 0 Å². The van der Waals surface area contributed by atoms with Gasteiger partial charge in [-0.25, -0.2) is 0 Å². The minimum absolute atomic E-state index is 0.111. The van der Waals surface area contributed by atoms with E-state index in [9.17, 15) is 19.5 Å². The number of hydrogen-bond acceptors (Lipinski definition) is 4. The summed E-state index contributed by atoms with van der Waals surface area (Å²) in [5, 5.41) is 16.4. The quantitative estimate of drug-likeness (QED) is 0.477. The van der Waals surface area contributed by atoms with E-state index in [1.165, 1.54) is 0 Å². The van der Waals surface area contributed by atoms with Crippen molar-refractivity contribution in [1.82, 2.24) is 15.6 Å². The second-order valence-corrected chi connectivity index (χ2v) is 7.11. The third-order valence-electron chi connectivity index (χ3n) is 4.99. The first-order valence-electron chi connectivity index (χ1n) is 9.84. The van der Waals surface area contributed by atoms with Gasteiger partial charge in [-0.2, -0.15) is 0 Å². The first-order valence-corrected chi connectivity index (χ1v) is 9.84. The Kier molecular flexibility index (Phi) is 6.64. The lowest BCUT2D eigenvalue weighted by Gasteiger charge is -2.24. The molecule has 2 unspecified atom stereocenters. The number of para-hydroxylation sites is 1. The number of aliphatic hydroxyl groups is 1. The van der Waals surface area contributed by atoms with E-state index in [1.54, 1.807) is 38.1 Å². The molecule has 0 saturated heterocycles. The van der Waals surface area contributed by atoms with Gasteiger partial charge in [-0.05, 0) is 38.0 Å². The first-order chi connectivity index (χ1) is 14.4. The van der Waals surface area contributed by atoms with E-state index in [2.05, 4.69) is 15.6 Å². The highest BCUT2D eigenvalue weighted by molar-refractivity contribution is 5.97. The number of benzene rings is 2. The Morgan fingerprint density at radius 1 is 1.07 bits per heavy atom. The molecular weight excluding hydrogens is 382 g/mol. The van der Waals surface area contributed by atoms with Gasteiger partial charge in [-0.1, -0.05) is 42.5 Å². The Morgan fingerprint density at radius 2 is 1.73 bits per heavy atom. The van der Waals surface area contributed by atoms with Crippen LogP contribution < -0.4 is 16.1 Å². The van der Waals surface area contributed by atoms with Crippen molar-refractivity contribution >= 4 is 22.7 Å². The third-order valence-corrected chi connectivity index (χ3v) is 4.99. The van der Waals surface area contributed by atoms with Crippen molar-refractivity contribution in [3.8, 4) is 0 Å². The number of aromatic amines is 1. The summed E-state index contributed by atoms with van der Waals surface area (Å²) >= 11 is 0. The van der Waals surface area contributed by atoms with E-state index in [1.807, 2.05) is 30.3 Å². The molecular formula is C23H25N3O4. The average molecular weight is 407 g/mol. The molecule has 2 atom stereocenters. The standard InChI is InChI=1S/C23H25N3O4/c1-3-24-23(30)21(28)18(13-15-9-5-4-6-10-15)26-22(29)19-14(2)20(27)16-11-7-8-12-17(16)25-19/h4-12,18,21,28H,3,13H2,1-2H3,(H,24,30)(H,25,27)(H,26,29). The molecule has 3 aromatic rings. The van der Waals surface area contributed by atoms with Crippen LogP contribution in [-0.2, 0) is 11.2 Å². The van der Waals surface area contributed by atoms with Crippen molar-refractivity contribution in [2.45, 2.75) is 32.4 Å². The fourth-order valence-corrected chi connectivity index (χ4v) is 3.37. The highest BCUT2D eigenvalue weighted by atomic mass is 16.3. The molecule has 0 aliphatic rings. The summed E-state index contributed by atoms with van der Waals surface area (Å²) in [6.07, 6.45) is -1.19. The van der Waals surface area contributed by atoms with Crippen molar-refractivity contribution < 1.29 is 14.7 Å². The number of aliphatic hydroxyl groups excluding tert-OH is 1. The predicted octanol–water partition coefficient (Wildman–Crippen LogP) is 1.67. The third kappa shape index (κ3) is 4.58. The molecule has 2 aromatic carbocycles. The molecule has 0 aliphatic carbocycles. The lowest BCUT2D eigenvalue weighted by atomic mass is 10.00. The Balaban J connectivity index is 1.92. The Hall–Kier alpha value is -3.45. The molecule has 1 heterocycles. The number of fused-ring (bicyclic) bond motifs is 1. The molecule has 0 bridgehead atoms. The van der Waals surface area contributed by atoms with Gasteiger partial charge in [0, 0.05) is 23.0 Å². The average Bonchev–Trinajstić information content (AvgIpc) is 2.76. The van der Waals surface area contributed by atoms with Gasteiger partial charge in [0.25, 0.3) is 11.8 Å². The van der Waals surface area contributed by atoms with E-state index in [0.717, 1.165) is 5.56 Å². The van der Waals surface area contributed by atoms with Gasteiger partial charge in [0.15, 0.2) is 11.5 Å². The summed E-state index contributed by atoms with van der Waals surface area (Å²) in [6, 6.07) is 15.3. The number of amides is 2. The minimum Gasteiger partial charge on any atom is -0.381 e. The maximum absolute atomic E-state index is 13.0. The summed E-state index contributed by atoms with van der Waals surface area (Å²) in [5.74, 6) is -1.12. The predicted molar refractivity (Wildman–Crippen MR) is 115 cm³/mol. The molecule has 30 heavy (non-hydrogen) atoms. The van der Waals surface area contributed by atoms with Crippen LogP contribution in [0.3, 0.4) is 0 Å². The molecule has 7 nitrogen and oxygen atoms in total. The Morgan fingerprint density at radius 3 is 2.43 bits per heavy atom. The number of carbonyl (C=O) groups is 2. The molecule has 0 saturated carbocycles. The van der Waals surface area contributed by atoms with Crippen molar-refractivity contribution in [3.05, 3.63) is 81.6 Å². The molecule has 0 fully saturated rings. The minimum atomic E-state index is -1.44. The molecule has 2 amide bonds. The Bertz CT molecular complexity index is 1110. The molecule has 156 valence electrons. The largest absolute Gasteiger partial charge is 0.381 e. The van der Waals surface area contributed by atoms with E-state index < -0.39 is 24.0 Å². The first kappa shape index (κ1) is 21.3. The smallest absolute Gasteiger partial charge is 0.268 e. The summed E-state index contributed by atoms with van der Waals surface area (Å²) in [7, 11) is 0. The fourth-order valence-electron chi connectivity index (χ4n) is 3.37. The number of nitrogens with one attached hydrogen (secondary N) is 3. The lowest BCUT2D eigenvalue weighted by molar-refractivity contribution is -0.130. The van der Waals surface area contributed by atoms with Gasteiger partial charge in [0.05, 0.1) is 6.04 Å². The highest BCUT2D eigenvalue weighted by Gasteiger charge is 2.29. The topological polar surface area (TPSA) is 111 Å². The van der Waals surface area contributed by atoms with E-state index in [4.69, 9.17) is 0 Å². The summed E-state index contributed by atoms with van der Waals surface area (Å²) < 4.78 is 0. The molecule has 7 heteroatoms. The van der Waals surface area contributed by atoms with Gasteiger partial charge in [0.1, 0.15) is 5.69 Å². The second kappa shape index (κ2) is 9.37. The SMILES string of the molecule is CCNC(=O)C(O)C(Cc1ccccc1)NC(=O)c1[nH]c2ccccc2c(=O)c1C. The number of carbonyl (C=O) groups excluding carboxylic acids is 2. The lowest BCUT2D eigenvalue weighted by Crippen LogP contribution is -2.52. The van der Waals surface area contributed by atoms with Crippen LogP contribution in [0.25, 0.3) is 10.9 Å². The number of H-pyrrole nitrogens is 1. The Labute approximate surface area is 174 Å². The van der Waals surface area contributed by atoms with Gasteiger partial charge >= 0.3 is 0 Å². The number of pyridine rings is 1. The highest BCUT2D eigenvalue weighted by Crippen LogP contribution is 2.13. The van der Waals surface area contributed by atoms with Gasteiger partial charge in [-0.3, -0.25) is 14.4 Å². The van der Waals surface area contributed by atoms with Crippen LogP contribution >= 0.6 is 0 Å². The zero-order valence-electron chi connectivity index (χ0n) is 16.9. The van der Waals surface area contributed by atoms with E-state index in [0.29, 0.717) is 17.4 Å². The van der Waals surface area contributed by atoms with Gasteiger partial charge < -0.3 is 20.7 Å². The van der Waals surface area contributed by atoms with Gasteiger partial charge in [0.2, 0.25) is 0 Å². The van der Waals surface area contributed by atoms with Crippen LogP contribution in [-0.4, -0.2) is 40.6 Å². The normalized spacial score (nSPS) is 12.9. The molecule has 0 spiro atoms. The molecule has 3 rings (SSSR count). The molecule has 4 N–H and O–H groups in total. The zero-order valence-corrected chi connectivity index (χ0v) is 16.9. The van der Waals surface area contributed by atoms with Crippen LogP contribution in [0.4, 0.5) is 0 Å². The monoisotopic (exact) mass is 407 g/mol. The van der Waals surface area contributed by atoms with Crippen LogP contribution in [0, 0.1) is 6.92 Å². The summed E-state index contributed by atoms with van der Waals surface area (Å²) in [6.45, 7) is 3.68. The van der Waals surface area contributed by atoms with Crippen LogP contribution in [0.2, 0.25) is 0 Å². The van der Waals surface area contributed by atoms with Crippen LogP contribution in [0.15, 0.2) is 59.4 Å². The van der Waals surface area contributed by atoms with Crippen LogP contribution in [0.1, 0.15) is 28.5 Å². The maximum atomic E-state index is 13.0. The van der Waals surface area contributed by atoms with Crippen molar-refractivity contribution in [3.63, 3.8) is 0 Å². The second-order valence-electron chi connectivity index (χ2n) is 7.11. The number of rotatable bonds is 7.